The summed E-state index contributed by atoms with van der Waals surface area (Å²) in [5, 5.41) is 2.97. The second-order valence-corrected chi connectivity index (χ2v) is 4.33. The molecule has 1 aromatic carbocycles. The van der Waals surface area contributed by atoms with Gasteiger partial charge in [0.15, 0.2) is 0 Å². The van der Waals surface area contributed by atoms with E-state index in [-0.39, 0.29) is 18.3 Å². The summed E-state index contributed by atoms with van der Waals surface area (Å²) in [5.41, 5.74) is 1.39. The Hall–Kier alpha value is -1.88. The van der Waals surface area contributed by atoms with E-state index >= 15 is 0 Å². The molecule has 0 aliphatic carbocycles. The Bertz CT molecular complexity index is 453. The summed E-state index contributed by atoms with van der Waals surface area (Å²) < 4.78 is 18.0. The third-order valence-corrected chi connectivity index (χ3v) is 3.01. The van der Waals surface area contributed by atoms with Gasteiger partial charge in [-0.05, 0) is 17.7 Å². The van der Waals surface area contributed by atoms with Crippen LogP contribution in [0.5, 0.6) is 0 Å². The molecule has 0 unspecified atom stereocenters. The molecule has 2 rings (SSSR count). The summed E-state index contributed by atoms with van der Waals surface area (Å²) in [7, 11) is 0. The quantitative estimate of drug-likeness (QED) is 0.889. The minimum absolute atomic E-state index is 0.0200. The molecule has 0 atom stereocenters. The number of halogens is 1. The normalized spacial score (nSPS) is 15.1. The smallest absolute Gasteiger partial charge is 0.242 e. The van der Waals surface area contributed by atoms with E-state index in [0.717, 1.165) is 5.56 Å². The number of carbonyl (C=O) groups is 1. The van der Waals surface area contributed by atoms with Crippen LogP contribution in [0.25, 0.3) is 5.70 Å². The number of carbonyl (C=O) groups excluding carboxylic acids is 1. The van der Waals surface area contributed by atoms with E-state index in [1.807, 2.05) is 0 Å². The summed E-state index contributed by atoms with van der Waals surface area (Å²) in [5.74, 6) is -0.271. The number of nitrogens with one attached hydrogen (secondary N) is 1. The van der Waals surface area contributed by atoms with Gasteiger partial charge in [-0.2, -0.15) is 0 Å². The summed E-state index contributed by atoms with van der Waals surface area (Å²) in [6.07, 6.45) is 0. The molecule has 102 valence electrons. The number of amides is 1. The maximum Gasteiger partial charge on any atom is 0.242 e. The molecule has 1 amide bonds. The van der Waals surface area contributed by atoms with Crippen molar-refractivity contribution in [3.63, 3.8) is 0 Å². The van der Waals surface area contributed by atoms with E-state index in [2.05, 4.69) is 11.9 Å². The van der Waals surface area contributed by atoms with Crippen molar-refractivity contribution in [1.82, 2.24) is 10.2 Å². The SMILES string of the molecule is C=C(NCC(=O)N1CCOCC1)c1ccc(F)cc1. The van der Waals surface area contributed by atoms with Gasteiger partial charge in [-0.1, -0.05) is 18.7 Å². The highest BCUT2D eigenvalue weighted by Gasteiger charge is 2.16. The first kappa shape index (κ1) is 13.5. The maximum absolute atomic E-state index is 12.8. The number of morpholine rings is 1. The van der Waals surface area contributed by atoms with Crippen LogP contribution >= 0.6 is 0 Å². The van der Waals surface area contributed by atoms with Gasteiger partial charge in [0.1, 0.15) is 5.82 Å². The number of nitrogens with zero attached hydrogens (tertiary/aromatic N) is 1. The highest BCUT2D eigenvalue weighted by atomic mass is 19.1. The first-order chi connectivity index (χ1) is 9.16. The topological polar surface area (TPSA) is 41.6 Å². The van der Waals surface area contributed by atoms with E-state index in [0.29, 0.717) is 32.0 Å². The van der Waals surface area contributed by atoms with E-state index in [1.54, 1.807) is 17.0 Å². The summed E-state index contributed by atoms with van der Waals surface area (Å²) in [6, 6.07) is 5.99. The van der Waals surface area contributed by atoms with Crippen molar-refractivity contribution < 1.29 is 13.9 Å². The van der Waals surface area contributed by atoms with E-state index in [1.165, 1.54) is 12.1 Å². The molecule has 5 heteroatoms. The van der Waals surface area contributed by atoms with Crippen LogP contribution in [0.3, 0.4) is 0 Å². The molecule has 0 saturated carbocycles. The molecule has 1 aromatic rings. The van der Waals surface area contributed by atoms with Crippen LogP contribution in [0.1, 0.15) is 5.56 Å². The van der Waals surface area contributed by atoms with Gasteiger partial charge >= 0.3 is 0 Å². The molecule has 1 aliphatic rings. The van der Waals surface area contributed by atoms with Crippen molar-refractivity contribution in [3.05, 3.63) is 42.2 Å². The van der Waals surface area contributed by atoms with Gasteiger partial charge < -0.3 is 15.0 Å². The van der Waals surface area contributed by atoms with E-state index < -0.39 is 0 Å². The predicted molar refractivity (Wildman–Crippen MR) is 70.8 cm³/mol. The van der Waals surface area contributed by atoms with Crippen molar-refractivity contribution in [2.45, 2.75) is 0 Å². The number of hydrogen-bond donors (Lipinski definition) is 1. The minimum atomic E-state index is -0.291. The lowest BCUT2D eigenvalue weighted by Crippen LogP contribution is -2.44. The van der Waals surface area contributed by atoms with Gasteiger partial charge in [-0.3, -0.25) is 4.79 Å². The average molecular weight is 264 g/mol. The standard InChI is InChI=1S/C14H17FN2O2/c1-11(12-2-4-13(15)5-3-12)16-10-14(18)17-6-8-19-9-7-17/h2-5,16H,1,6-10H2. The third kappa shape index (κ3) is 3.79. The lowest BCUT2D eigenvalue weighted by Gasteiger charge is -2.27. The van der Waals surface area contributed by atoms with Crippen molar-refractivity contribution in [2.24, 2.45) is 0 Å². The Kier molecular flexibility index (Phi) is 4.52. The fourth-order valence-electron chi connectivity index (χ4n) is 1.86. The minimum Gasteiger partial charge on any atom is -0.378 e. The number of rotatable bonds is 4. The molecule has 1 fully saturated rings. The number of ether oxygens (including phenoxy) is 1. The largest absolute Gasteiger partial charge is 0.378 e. The van der Waals surface area contributed by atoms with Crippen LogP contribution in [0, 0.1) is 5.82 Å². The van der Waals surface area contributed by atoms with E-state index in [9.17, 15) is 9.18 Å². The molecule has 0 radical (unpaired) electrons. The molecule has 0 aromatic heterocycles. The van der Waals surface area contributed by atoms with Gasteiger partial charge in [0.2, 0.25) is 5.91 Å². The maximum atomic E-state index is 12.8. The van der Waals surface area contributed by atoms with Gasteiger partial charge in [-0.15, -0.1) is 0 Å². The molecular formula is C14H17FN2O2. The Labute approximate surface area is 111 Å². The van der Waals surface area contributed by atoms with Crippen LogP contribution in [-0.4, -0.2) is 43.7 Å². The van der Waals surface area contributed by atoms with Gasteiger partial charge in [0.05, 0.1) is 19.8 Å². The van der Waals surface area contributed by atoms with Crippen LogP contribution in [0.15, 0.2) is 30.8 Å². The van der Waals surface area contributed by atoms with Crippen LogP contribution < -0.4 is 5.32 Å². The van der Waals surface area contributed by atoms with Crippen molar-refractivity contribution in [3.8, 4) is 0 Å². The molecule has 1 heterocycles. The average Bonchev–Trinajstić information content (AvgIpc) is 2.46. The predicted octanol–water partition coefficient (Wildman–Crippen LogP) is 1.24. The molecule has 0 bridgehead atoms. The zero-order valence-corrected chi connectivity index (χ0v) is 10.7. The summed E-state index contributed by atoms with van der Waals surface area (Å²) in [6.45, 7) is 6.47. The lowest BCUT2D eigenvalue weighted by molar-refractivity contribution is -0.134. The Morgan fingerprint density at radius 2 is 1.95 bits per heavy atom. The Morgan fingerprint density at radius 3 is 2.58 bits per heavy atom. The van der Waals surface area contributed by atoms with Gasteiger partial charge in [0, 0.05) is 18.8 Å². The zero-order valence-electron chi connectivity index (χ0n) is 10.7. The van der Waals surface area contributed by atoms with Gasteiger partial charge in [0.25, 0.3) is 0 Å². The summed E-state index contributed by atoms with van der Waals surface area (Å²) in [4.78, 5) is 13.7. The second-order valence-electron chi connectivity index (χ2n) is 4.33. The van der Waals surface area contributed by atoms with Crippen molar-refractivity contribution in [2.75, 3.05) is 32.8 Å². The molecule has 1 aliphatic heterocycles. The van der Waals surface area contributed by atoms with Crippen molar-refractivity contribution in [1.29, 1.82) is 0 Å². The fraction of sp³-hybridized carbons (Fsp3) is 0.357. The van der Waals surface area contributed by atoms with Crippen molar-refractivity contribution >= 4 is 11.6 Å². The highest BCUT2D eigenvalue weighted by Crippen LogP contribution is 2.10. The van der Waals surface area contributed by atoms with E-state index in [4.69, 9.17) is 4.74 Å². The first-order valence-electron chi connectivity index (χ1n) is 6.21. The van der Waals surface area contributed by atoms with Crippen LogP contribution in [0.2, 0.25) is 0 Å². The molecule has 0 spiro atoms. The lowest BCUT2D eigenvalue weighted by atomic mass is 10.2. The molecular weight excluding hydrogens is 247 g/mol. The molecule has 4 nitrogen and oxygen atoms in total. The van der Waals surface area contributed by atoms with Crippen LogP contribution in [-0.2, 0) is 9.53 Å². The Balaban J connectivity index is 1.82. The molecule has 19 heavy (non-hydrogen) atoms. The molecule has 1 N–H and O–H groups in total. The zero-order chi connectivity index (χ0) is 13.7. The third-order valence-electron chi connectivity index (χ3n) is 3.01. The van der Waals surface area contributed by atoms with Gasteiger partial charge in [-0.25, -0.2) is 4.39 Å². The first-order valence-corrected chi connectivity index (χ1v) is 6.21. The fourth-order valence-corrected chi connectivity index (χ4v) is 1.86. The monoisotopic (exact) mass is 264 g/mol. The second kappa shape index (κ2) is 6.33. The summed E-state index contributed by atoms with van der Waals surface area (Å²) >= 11 is 0. The Morgan fingerprint density at radius 1 is 1.32 bits per heavy atom. The number of hydrogen-bond acceptors (Lipinski definition) is 3. The number of benzene rings is 1. The molecule has 1 saturated heterocycles. The van der Waals surface area contributed by atoms with Crippen LogP contribution in [0.4, 0.5) is 4.39 Å². The highest BCUT2D eigenvalue weighted by molar-refractivity contribution is 5.80.